The lowest BCUT2D eigenvalue weighted by Crippen LogP contribution is -2.57. The largest absolute Gasteiger partial charge is 0.491 e. The molecular weight excluding hydrogens is 654 g/mol. The minimum absolute atomic E-state index is 0.0754. The number of benzene rings is 1. The van der Waals surface area contributed by atoms with E-state index >= 15 is 0 Å². The Kier molecular flexibility index (Phi) is 10.6. The Morgan fingerprint density at radius 3 is 2.47 bits per heavy atom. The van der Waals surface area contributed by atoms with Gasteiger partial charge in [-0.05, 0) is 55.6 Å². The first kappa shape index (κ1) is 35.3. The monoisotopic (exact) mass is 701 g/mol. The number of alkyl carbamates (subject to hydrolysis) is 1. The van der Waals surface area contributed by atoms with E-state index in [0.29, 0.717) is 71.6 Å². The number of aromatic nitrogens is 1. The van der Waals surface area contributed by atoms with Crippen molar-refractivity contribution in [3.05, 3.63) is 23.2 Å². The third-order valence-electron chi connectivity index (χ3n) is 9.90. The highest BCUT2D eigenvalue weighted by atomic mass is 35.5. The van der Waals surface area contributed by atoms with Crippen LogP contribution >= 0.6 is 11.6 Å². The fourth-order valence-electron chi connectivity index (χ4n) is 7.18. The second-order valence-electron chi connectivity index (χ2n) is 14.6. The van der Waals surface area contributed by atoms with Gasteiger partial charge in [-0.1, -0.05) is 32.4 Å². The first-order valence-electron chi connectivity index (χ1n) is 17.3. The van der Waals surface area contributed by atoms with Crippen LogP contribution in [-0.2, 0) is 19.1 Å². The number of halogens is 1. The number of hydrogen-bond donors (Lipinski definition) is 2. The van der Waals surface area contributed by atoms with E-state index in [2.05, 4.69) is 15.2 Å². The van der Waals surface area contributed by atoms with E-state index in [0.717, 1.165) is 32.5 Å². The molecule has 2 aliphatic carbocycles. The van der Waals surface area contributed by atoms with Crippen molar-refractivity contribution in [3.63, 3.8) is 0 Å². The van der Waals surface area contributed by atoms with Crippen molar-refractivity contribution < 1.29 is 38.1 Å². The SMILES string of the molecule is CCOc1cc(OC2C[C@@H](C(N)=O)N(C(=O)[C@@H](NC(=O)O[C@@H]3C[C@@H]4C[C@@H]4C3)C(C)(C)C)C2)c2ccc(OCCN3CCOCC3)c(Cl)c2n1. The minimum atomic E-state index is -0.955. The van der Waals surface area contributed by atoms with Crippen LogP contribution in [0.15, 0.2) is 18.2 Å². The molecule has 3 N–H and O–H groups in total. The molecule has 14 heteroatoms. The van der Waals surface area contributed by atoms with Gasteiger partial charge in [-0.3, -0.25) is 14.5 Å². The molecule has 268 valence electrons. The first-order valence-corrected chi connectivity index (χ1v) is 17.7. The summed E-state index contributed by atoms with van der Waals surface area (Å²) < 4.78 is 29.4. The molecule has 1 aromatic carbocycles. The van der Waals surface area contributed by atoms with Gasteiger partial charge in [-0.2, -0.15) is 0 Å². The van der Waals surface area contributed by atoms with Crippen LogP contribution in [0.4, 0.5) is 4.79 Å². The molecule has 4 aliphatic rings. The Bertz CT molecular complexity index is 1540. The average molecular weight is 702 g/mol. The van der Waals surface area contributed by atoms with Gasteiger partial charge in [0, 0.05) is 37.5 Å². The van der Waals surface area contributed by atoms with E-state index in [4.69, 9.17) is 41.0 Å². The molecule has 0 bridgehead atoms. The molecule has 49 heavy (non-hydrogen) atoms. The maximum atomic E-state index is 14.1. The highest BCUT2D eigenvalue weighted by molar-refractivity contribution is 6.36. The molecule has 2 saturated heterocycles. The average Bonchev–Trinajstić information content (AvgIpc) is 3.43. The molecular formula is C35H48ClN5O8. The number of carbonyl (C=O) groups excluding carboxylic acids is 3. The quantitative estimate of drug-likeness (QED) is 0.334. The number of nitrogens with zero attached hydrogens (tertiary/aromatic N) is 3. The molecule has 2 saturated carbocycles. The summed E-state index contributed by atoms with van der Waals surface area (Å²) in [5.41, 5.74) is 5.59. The summed E-state index contributed by atoms with van der Waals surface area (Å²) in [4.78, 5) is 48.0. The summed E-state index contributed by atoms with van der Waals surface area (Å²) in [6.45, 7) is 12.2. The Balaban J connectivity index is 1.17. The number of likely N-dealkylation sites (tertiary alicyclic amines) is 1. The Morgan fingerprint density at radius 1 is 1.06 bits per heavy atom. The second-order valence-corrected chi connectivity index (χ2v) is 14.9. The minimum Gasteiger partial charge on any atom is -0.491 e. The van der Waals surface area contributed by atoms with E-state index in [9.17, 15) is 14.4 Å². The summed E-state index contributed by atoms with van der Waals surface area (Å²) >= 11 is 6.84. The predicted octanol–water partition coefficient (Wildman–Crippen LogP) is 3.77. The van der Waals surface area contributed by atoms with Gasteiger partial charge in [0.25, 0.3) is 0 Å². The molecule has 0 spiro atoms. The number of pyridine rings is 1. The number of fused-ring (bicyclic) bond motifs is 2. The second kappa shape index (κ2) is 14.7. The normalized spacial score (nSPS) is 25.8. The van der Waals surface area contributed by atoms with Crippen molar-refractivity contribution in [1.82, 2.24) is 20.1 Å². The van der Waals surface area contributed by atoms with Gasteiger partial charge in [-0.25, -0.2) is 9.78 Å². The molecule has 3 heterocycles. The Hall–Kier alpha value is -3.55. The highest BCUT2D eigenvalue weighted by Gasteiger charge is 2.48. The van der Waals surface area contributed by atoms with Crippen LogP contribution in [0.5, 0.6) is 17.4 Å². The smallest absolute Gasteiger partial charge is 0.408 e. The number of nitrogens with one attached hydrogen (secondary N) is 1. The number of nitrogens with two attached hydrogens (primary N) is 1. The van der Waals surface area contributed by atoms with E-state index < -0.39 is 41.5 Å². The van der Waals surface area contributed by atoms with Gasteiger partial charge in [0.1, 0.15) is 52.9 Å². The van der Waals surface area contributed by atoms with Crippen molar-refractivity contribution in [3.8, 4) is 17.4 Å². The summed E-state index contributed by atoms with van der Waals surface area (Å²) in [7, 11) is 0. The number of carbonyl (C=O) groups is 3. The summed E-state index contributed by atoms with van der Waals surface area (Å²) in [5.74, 6) is 1.45. The van der Waals surface area contributed by atoms with Crippen LogP contribution in [0.3, 0.4) is 0 Å². The zero-order valence-corrected chi connectivity index (χ0v) is 29.5. The summed E-state index contributed by atoms with van der Waals surface area (Å²) in [6.07, 6.45) is 1.74. The fraction of sp³-hybridized carbons (Fsp3) is 0.657. The van der Waals surface area contributed by atoms with E-state index in [1.807, 2.05) is 33.8 Å². The van der Waals surface area contributed by atoms with Crippen LogP contribution in [-0.4, -0.2) is 110 Å². The molecule has 6 rings (SSSR count). The van der Waals surface area contributed by atoms with Gasteiger partial charge in [0.15, 0.2) is 0 Å². The van der Waals surface area contributed by atoms with E-state index in [1.165, 1.54) is 11.3 Å². The third-order valence-corrected chi connectivity index (χ3v) is 10.3. The lowest BCUT2D eigenvalue weighted by atomic mass is 9.85. The first-order chi connectivity index (χ1) is 23.4. The third kappa shape index (κ3) is 8.26. The number of primary amides is 1. The van der Waals surface area contributed by atoms with Crippen LogP contribution in [0.2, 0.25) is 5.02 Å². The summed E-state index contributed by atoms with van der Waals surface area (Å²) in [6, 6.07) is 3.39. The predicted molar refractivity (Wildman–Crippen MR) is 182 cm³/mol. The fourth-order valence-corrected chi connectivity index (χ4v) is 7.44. The van der Waals surface area contributed by atoms with Gasteiger partial charge < -0.3 is 39.6 Å². The van der Waals surface area contributed by atoms with Gasteiger partial charge in [-0.15, -0.1) is 0 Å². The molecule has 1 aromatic heterocycles. The number of ether oxygens (including phenoxy) is 5. The lowest BCUT2D eigenvalue weighted by Gasteiger charge is -2.35. The van der Waals surface area contributed by atoms with Crippen molar-refractivity contribution in [2.75, 3.05) is 52.6 Å². The molecule has 6 atom stereocenters. The highest BCUT2D eigenvalue weighted by Crippen LogP contribution is 2.52. The van der Waals surface area contributed by atoms with Crippen molar-refractivity contribution in [2.45, 2.75) is 77.7 Å². The van der Waals surface area contributed by atoms with Crippen LogP contribution in [0.25, 0.3) is 10.9 Å². The number of hydrogen-bond acceptors (Lipinski definition) is 10. The van der Waals surface area contributed by atoms with Crippen molar-refractivity contribution >= 4 is 40.4 Å². The maximum absolute atomic E-state index is 14.1. The maximum Gasteiger partial charge on any atom is 0.408 e. The number of morpholine rings is 1. The zero-order chi connectivity index (χ0) is 34.9. The number of rotatable bonds is 12. The van der Waals surface area contributed by atoms with E-state index in [1.54, 1.807) is 12.1 Å². The standard InChI is InChI=1S/C35H48ClN5O8/c1-5-46-28-18-27(24-6-7-26(29(36)30(24)38-28)47-13-10-40-8-11-45-12-9-40)48-23-17-25(32(37)42)41(19-23)33(43)31(35(2,3)4)39-34(44)49-22-15-20-14-21(20)16-22/h6-7,18,20-23,25,31H,5,8-17,19H2,1-4H3,(H2,37,42)(H,39,44)/t20-,21+,22+,23?,25-,31+/m0/s1. The molecule has 2 aromatic rings. The van der Waals surface area contributed by atoms with Gasteiger partial charge >= 0.3 is 6.09 Å². The number of amides is 3. The zero-order valence-electron chi connectivity index (χ0n) is 28.7. The summed E-state index contributed by atoms with van der Waals surface area (Å²) in [5, 5.41) is 3.74. The molecule has 3 amide bonds. The molecule has 13 nitrogen and oxygen atoms in total. The molecule has 2 aliphatic heterocycles. The van der Waals surface area contributed by atoms with Crippen molar-refractivity contribution in [2.24, 2.45) is 23.0 Å². The van der Waals surface area contributed by atoms with Gasteiger partial charge in [0.05, 0.1) is 26.4 Å². The van der Waals surface area contributed by atoms with Crippen LogP contribution < -0.4 is 25.3 Å². The lowest BCUT2D eigenvalue weighted by molar-refractivity contribution is -0.141. The molecule has 1 unspecified atom stereocenters. The molecule has 4 fully saturated rings. The van der Waals surface area contributed by atoms with Crippen LogP contribution in [0, 0.1) is 17.3 Å². The Morgan fingerprint density at radius 2 is 1.80 bits per heavy atom. The topological polar surface area (TPSA) is 155 Å². The van der Waals surface area contributed by atoms with E-state index in [-0.39, 0.29) is 19.1 Å². The molecule has 0 radical (unpaired) electrons. The van der Waals surface area contributed by atoms with Gasteiger partial charge in [0.2, 0.25) is 17.7 Å². The Labute approximate surface area is 292 Å². The van der Waals surface area contributed by atoms with Crippen molar-refractivity contribution in [1.29, 1.82) is 0 Å². The van der Waals surface area contributed by atoms with Crippen LogP contribution in [0.1, 0.15) is 53.4 Å².